The van der Waals surface area contributed by atoms with Gasteiger partial charge in [-0.1, -0.05) is 39.0 Å². The normalized spacial score (nSPS) is 11.5. The highest BCUT2D eigenvalue weighted by molar-refractivity contribution is 5.93. The number of allylic oxidation sites excluding steroid dienone is 2. The van der Waals surface area contributed by atoms with Crippen molar-refractivity contribution in [2.75, 3.05) is 19.7 Å². The van der Waals surface area contributed by atoms with Crippen LogP contribution in [0.4, 0.5) is 0 Å². The van der Waals surface area contributed by atoms with E-state index in [2.05, 4.69) is 25.7 Å². The summed E-state index contributed by atoms with van der Waals surface area (Å²) in [5.41, 5.74) is 0.0504. The lowest BCUT2D eigenvalue weighted by molar-refractivity contribution is -0.138. The van der Waals surface area contributed by atoms with E-state index in [4.69, 9.17) is 10.00 Å². The first-order valence-electron chi connectivity index (χ1n) is 8.39. The molecule has 0 aliphatic carbocycles. The van der Waals surface area contributed by atoms with E-state index in [1.54, 1.807) is 6.08 Å². The summed E-state index contributed by atoms with van der Waals surface area (Å²) in [5.74, 6) is -0.528. The molecule has 0 aliphatic heterocycles. The van der Waals surface area contributed by atoms with Gasteiger partial charge in [-0.2, -0.15) is 5.26 Å². The summed E-state index contributed by atoms with van der Waals surface area (Å²) in [7, 11) is 0. The summed E-state index contributed by atoms with van der Waals surface area (Å²) >= 11 is 0. The van der Waals surface area contributed by atoms with Crippen LogP contribution in [0.3, 0.4) is 0 Å². The molecular formula is C18H30N2O2. The van der Waals surface area contributed by atoms with Gasteiger partial charge in [0.1, 0.15) is 11.6 Å². The van der Waals surface area contributed by atoms with E-state index in [1.165, 1.54) is 31.8 Å². The molecule has 0 unspecified atom stereocenters. The second-order valence-electron chi connectivity index (χ2n) is 5.16. The first kappa shape index (κ1) is 20.2. The summed E-state index contributed by atoms with van der Waals surface area (Å²) in [6, 6.07) is 1.90. The van der Waals surface area contributed by atoms with Crippen molar-refractivity contribution in [2.45, 2.75) is 59.3 Å². The first-order chi connectivity index (χ1) is 10.7. The van der Waals surface area contributed by atoms with Crippen LogP contribution in [-0.4, -0.2) is 30.6 Å². The van der Waals surface area contributed by atoms with Gasteiger partial charge in [-0.3, -0.25) is 0 Å². The highest BCUT2D eigenvalue weighted by Gasteiger charge is 2.08. The molecule has 4 heteroatoms. The third-order valence-electron chi connectivity index (χ3n) is 3.44. The monoisotopic (exact) mass is 306 g/mol. The molecule has 0 atom stereocenters. The summed E-state index contributed by atoms with van der Waals surface area (Å²) in [6.45, 7) is 8.47. The molecule has 0 bridgehead atoms. The molecule has 0 aromatic rings. The molecule has 0 saturated heterocycles. The van der Waals surface area contributed by atoms with Crippen LogP contribution in [0.5, 0.6) is 0 Å². The van der Waals surface area contributed by atoms with Crippen molar-refractivity contribution >= 4 is 5.97 Å². The molecule has 0 spiro atoms. The second kappa shape index (κ2) is 14.2. The molecule has 0 amide bonds. The highest BCUT2D eigenvalue weighted by atomic mass is 16.5. The van der Waals surface area contributed by atoms with E-state index in [-0.39, 0.29) is 5.57 Å². The molecule has 0 heterocycles. The molecule has 0 aliphatic rings. The van der Waals surface area contributed by atoms with Crippen molar-refractivity contribution < 1.29 is 9.53 Å². The third-order valence-corrected chi connectivity index (χ3v) is 3.44. The Labute approximate surface area is 135 Å². The second-order valence-corrected chi connectivity index (χ2v) is 5.16. The quantitative estimate of drug-likeness (QED) is 0.178. The van der Waals surface area contributed by atoms with Crippen molar-refractivity contribution in [3.63, 3.8) is 0 Å². The number of hydrogen-bond acceptors (Lipinski definition) is 4. The van der Waals surface area contributed by atoms with Gasteiger partial charge in [0, 0.05) is 13.1 Å². The summed E-state index contributed by atoms with van der Waals surface area (Å²) < 4.78 is 5.13. The Morgan fingerprint density at radius 3 is 2.32 bits per heavy atom. The first-order valence-corrected chi connectivity index (χ1v) is 8.39. The summed E-state index contributed by atoms with van der Waals surface area (Å²) in [4.78, 5) is 13.8. The number of rotatable bonds is 12. The predicted octanol–water partition coefficient (Wildman–Crippen LogP) is 4.20. The SMILES string of the molecule is CCCCCCCCOC(=O)/C(C#N)=C/C=C/N(CC)CC. The van der Waals surface area contributed by atoms with E-state index < -0.39 is 5.97 Å². The zero-order valence-corrected chi connectivity index (χ0v) is 14.3. The third kappa shape index (κ3) is 10.0. The maximum absolute atomic E-state index is 11.8. The van der Waals surface area contributed by atoms with Gasteiger partial charge in [-0.15, -0.1) is 0 Å². The molecule has 0 saturated carbocycles. The van der Waals surface area contributed by atoms with Crippen LogP contribution in [0.15, 0.2) is 23.9 Å². The Morgan fingerprint density at radius 1 is 1.09 bits per heavy atom. The summed E-state index contributed by atoms with van der Waals surface area (Å²) in [6.07, 6.45) is 12.0. The van der Waals surface area contributed by atoms with E-state index in [0.717, 1.165) is 25.9 Å². The Kier molecular flexibility index (Phi) is 13.1. The molecule has 0 fully saturated rings. The Bertz CT molecular complexity index is 390. The Morgan fingerprint density at radius 2 is 1.73 bits per heavy atom. The Balaban J connectivity index is 4.07. The molecular weight excluding hydrogens is 276 g/mol. The van der Waals surface area contributed by atoms with Crippen molar-refractivity contribution in [1.29, 1.82) is 5.26 Å². The lowest BCUT2D eigenvalue weighted by Crippen LogP contribution is -2.15. The minimum atomic E-state index is -0.528. The van der Waals surface area contributed by atoms with Gasteiger partial charge in [-0.05, 0) is 38.6 Å². The van der Waals surface area contributed by atoms with Gasteiger partial charge in [0.25, 0.3) is 0 Å². The fraction of sp³-hybridized carbons (Fsp3) is 0.667. The zero-order chi connectivity index (χ0) is 16.6. The lowest BCUT2D eigenvalue weighted by Gasteiger charge is -2.13. The number of carbonyl (C=O) groups is 1. The van der Waals surface area contributed by atoms with Gasteiger partial charge in [-0.25, -0.2) is 4.79 Å². The van der Waals surface area contributed by atoms with Gasteiger partial charge >= 0.3 is 5.97 Å². The van der Waals surface area contributed by atoms with Gasteiger partial charge in [0.05, 0.1) is 6.61 Å². The number of nitrogens with zero attached hydrogens (tertiary/aromatic N) is 2. The van der Waals surface area contributed by atoms with Crippen LogP contribution in [0.2, 0.25) is 0 Å². The van der Waals surface area contributed by atoms with Crippen LogP contribution in [-0.2, 0) is 9.53 Å². The molecule has 4 nitrogen and oxygen atoms in total. The zero-order valence-electron chi connectivity index (χ0n) is 14.3. The molecule has 0 radical (unpaired) electrons. The number of hydrogen-bond donors (Lipinski definition) is 0. The Hall–Kier alpha value is -1.76. The minimum Gasteiger partial charge on any atom is -0.462 e. The maximum atomic E-state index is 11.8. The standard InChI is InChI=1S/C18H30N2O2/c1-4-7-8-9-10-11-15-22-18(21)17(16-19)13-12-14-20(5-2)6-3/h12-14H,4-11,15H2,1-3H3/b14-12+,17-13+. The van der Waals surface area contributed by atoms with E-state index in [0.29, 0.717) is 6.61 Å². The van der Waals surface area contributed by atoms with Crippen LogP contribution in [0.1, 0.15) is 59.3 Å². The van der Waals surface area contributed by atoms with Crippen LogP contribution >= 0.6 is 0 Å². The predicted molar refractivity (Wildman–Crippen MR) is 90.1 cm³/mol. The smallest absolute Gasteiger partial charge is 0.348 e. The molecule has 0 aromatic carbocycles. The average molecular weight is 306 g/mol. The number of unbranched alkanes of at least 4 members (excludes halogenated alkanes) is 5. The molecule has 0 rings (SSSR count). The lowest BCUT2D eigenvalue weighted by atomic mass is 10.1. The topological polar surface area (TPSA) is 53.3 Å². The fourth-order valence-corrected chi connectivity index (χ4v) is 1.97. The average Bonchev–Trinajstić information content (AvgIpc) is 2.54. The molecule has 22 heavy (non-hydrogen) atoms. The van der Waals surface area contributed by atoms with Crippen LogP contribution < -0.4 is 0 Å². The molecule has 0 N–H and O–H groups in total. The number of nitriles is 1. The van der Waals surface area contributed by atoms with Crippen molar-refractivity contribution in [3.05, 3.63) is 23.9 Å². The van der Waals surface area contributed by atoms with Crippen molar-refractivity contribution in [2.24, 2.45) is 0 Å². The van der Waals surface area contributed by atoms with Crippen molar-refractivity contribution in [1.82, 2.24) is 4.90 Å². The fourth-order valence-electron chi connectivity index (χ4n) is 1.97. The van der Waals surface area contributed by atoms with Gasteiger partial charge in [0.2, 0.25) is 0 Å². The van der Waals surface area contributed by atoms with E-state index >= 15 is 0 Å². The summed E-state index contributed by atoms with van der Waals surface area (Å²) in [5, 5.41) is 9.01. The van der Waals surface area contributed by atoms with Gasteiger partial charge in [0.15, 0.2) is 0 Å². The van der Waals surface area contributed by atoms with Crippen LogP contribution in [0.25, 0.3) is 0 Å². The number of esters is 1. The highest BCUT2D eigenvalue weighted by Crippen LogP contribution is 2.06. The molecule has 0 aromatic heterocycles. The minimum absolute atomic E-state index is 0.0504. The van der Waals surface area contributed by atoms with Gasteiger partial charge < -0.3 is 9.64 Å². The van der Waals surface area contributed by atoms with Crippen molar-refractivity contribution in [3.8, 4) is 6.07 Å². The number of ether oxygens (including phenoxy) is 1. The van der Waals surface area contributed by atoms with E-state index in [1.807, 2.05) is 12.3 Å². The molecule has 124 valence electrons. The van der Waals surface area contributed by atoms with Crippen LogP contribution in [0, 0.1) is 11.3 Å². The number of carbonyl (C=O) groups excluding carboxylic acids is 1. The largest absolute Gasteiger partial charge is 0.462 e. The maximum Gasteiger partial charge on any atom is 0.348 e. The van der Waals surface area contributed by atoms with E-state index in [9.17, 15) is 4.79 Å².